The summed E-state index contributed by atoms with van der Waals surface area (Å²) < 4.78 is 3.16. The van der Waals surface area contributed by atoms with Crippen LogP contribution in [0.3, 0.4) is 0 Å². The Labute approximate surface area is 160 Å². The SMILES string of the molecule is CCn1c(CC2CCN(C(=O)C/C=C/c3ccccc3)CC2)nn(C)c1=O. The van der Waals surface area contributed by atoms with E-state index in [-0.39, 0.29) is 11.6 Å². The Kier molecular flexibility index (Phi) is 6.27. The van der Waals surface area contributed by atoms with Crippen molar-refractivity contribution in [2.24, 2.45) is 13.0 Å². The summed E-state index contributed by atoms with van der Waals surface area (Å²) in [5, 5.41) is 4.38. The highest BCUT2D eigenvalue weighted by Gasteiger charge is 2.24. The molecule has 6 heteroatoms. The molecule has 2 aromatic rings. The molecule has 144 valence electrons. The van der Waals surface area contributed by atoms with E-state index in [9.17, 15) is 9.59 Å². The third kappa shape index (κ3) is 4.76. The third-order valence-corrected chi connectivity index (χ3v) is 5.24. The Hall–Kier alpha value is -2.63. The number of rotatable bonds is 6. The molecule has 0 spiro atoms. The highest BCUT2D eigenvalue weighted by Crippen LogP contribution is 2.21. The lowest BCUT2D eigenvalue weighted by atomic mass is 9.93. The molecule has 0 bridgehead atoms. The first-order valence-electron chi connectivity index (χ1n) is 9.70. The van der Waals surface area contributed by atoms with Gasteiger partial charge in [0.2, 0.25) is 5.91 Å². The zero-order chi connectivity index (χ0) is 19.2. The fourth-order valence-corrected chi connectivity index (χ4v) is 3.66. The number of likely N-dealkylation sites (tertiary alicyclic amines) is 1. The molecule has 0 saturated carbocycles. The van der Waals surface area contributed by atoms with E-state index in [0.29, 0.717) is 18.9 Å². The summed E-state index contributed by atoms with van der Waals surface area (Å²) in [6, 6.07) is 10.0. The van der Waals surface area contributed by atoms with Gasteiger partial charge in [-0.15, -0.1) is 0 Å². The number of hydrogen-bond donors (Lipinski definition) is 0. The molecule has 0 N–H and O–H groups in total. The summed E-state index contributed by atoms with van der Waals surface area (Å²) in [6.45, 7) is 4.18. The lowest BCUT2D eigenvalue weighted by molar-refractivity contribution is -0.131. The molecule has 1 aliphatic rings. The fraction of sp³-hybridized carbons (Fsp3) is 0.476. The summed E-state index contributed by atoms with van der Waals surface area (Å²) in [7, 11) is 1.70. The van der Waals surface area contributed by atoms with Gasteiger partial charge < -0.3 is 4.90 Å². The number of hydrogen-bond acceptors (Lipinski definition) is 3. The molecule has 3 rings (SSSR count). The second kappa shape index (κ2) is 8.84. The van der Waals surface area contributed by atoms with Gasteiger partial charge in [0.1, 0.15) is 5.82 Å². The molecule has 1 aromatic heterocycles. The van der Waals surface area contributed by atoms with E-state index >= 15 is 0 Å². The van der Waals surface area contributed by atoms with Crippen LogP contribution in [0.2, 0.25) is 0 Å². The number of benzene rings is 1. The molecule has 1 amide bonds. The van der Waals surface area contributed by atoms with Crippen molar-refractivity contribution in [1.29, 1.82) is 0 Å². The Balaban J connectivity index is 1.48. The summed E-state index contributed by atoms with van der Waals surface area (Å²) in [6.07, 6.45) is 7.10. The predicted molar refractivity (Wildman–Crippen MR) is 106 cm³/mol. The van der Waals surface area contributed by atoms with Crippen LogP contribution in [-0.4, -0.2) is 38.2 Å². The smallest absolute Gasteiger partial charge is 0.342 e. The van der Waals surface area contributed by atoms with E-state index < -0.39 is 0 Å². The minimum Gasteiger partial charge on any atom is -0.342 e. The first-order valence-corrected chi connectivity index (χ1v) is 9.70. The van der Waals surface area contributed by atoms with Crippen LogP contribution >= 0.6 is 0 Å². The molecule has 6 nitrogen and oxygen atoms in total. The van der Waals surface area contributed by atoms with E-state index in [2.05, 4.69) is 5.10 Å². The molecule has 0 aliphatic carbocycles. The van der Waals surface area contributed by atoms with Gasteiger partial charge in [0.05, 0.1) is 0 Å². The normalized spacial score (nSPS) is 15.6. The number of carbonyl (C=O) groups excluding carboxylic acids is 1. The minimum absolute atomic E-state index is 0.0506. The Morgan fingerprint density at radius 2 is 1.93 bits per heavy atom. The number of carbonyl (C=O) groups is 1. The number of amides is 1. The molecule has 1 aliphatic heterocycles. The van der Waals surface area contributed by atoms with Crippen LogP contribution < -0.4 is 5.69 Å². The molecule has 0 radical (unpaired) electrons. The molecule has 27 heavy (non-hydrogen) atoms. The topological polar surface area (TPSA) is 60.1 Å². The van der Waals surface area contributed by atoms with Crippen molar-refractivity contribution in [3.05, 3.63) is 58.3 Å². The summed E-state index contributed by atoms with van der Waals surface area (Å²) in [4.78, 5) is 26.4. The lowest BCUT2D eigenvalue weighted by Crippen LogP contribution is -2.38. The predicted octanol–water partition coefficient (Wildman–Crippen LogP) is 2.49. The van der Waals surface area contributed by atoms with Gasteiger partial charge in [-0.1, -0.05) is 42.5 Å². The zero-order valence-corrected chi connectivity index (χ0v) is 16.2. The molecule has 1 saturated heterocycles. The Bertz CT molecular complexity index is 843. The van der Waals surface area contributed by atoms with Crippen LogP contribution in [0.15, 0.2) is 41.2 Å². The minimum atomic E-state index is -0.0506. The second-order valence-electron chi connectivity index (χ2n) is 7.11. The van der Waals surface area contributed by atoms with Crippen molar-refractivity contribution in [3.8, 4) is 0 Å². The van der Waals surface area contributed by atoms with Crippen LogP contribution in [0, 0.1) is 5.92 Å². The van der Waals surface area contributed by atoms with Crippen molar-refractivity contribution in [3.63, 3.8) is 0 Å². The summed E-state index contributed by atoms with van der Waals surface area (Å²) in [5.74, 6) is 1.52. The maximum absolute atomic E-state index is 12.4. The molecule has 0 atom stereocenters. The van der Waals surface area contributed by atoms with Gasteiger partial charge >= 0.3 is 5.69 Å². The molecule has 2 heterocycles. The standard InChI is InChI=1S/C21H28N4O2/c1-3-25-19(22-23(2)21(25)27)16-18-12-14-24(15-13-18)20(26)11-7-10-17-8-5-4-6-9-17/h4-10,18H,3,11-16H2,1-2H3/b10-7+. The largest absolute Gasteiger partial charge is 0.345 e. The maximum atomic E-state index is 12.4. The Morgan fingerprint density at radius 3 is 2.59 bits per heavy atom. The van der Waals surface area contributed by atoms with Crippen LogP contribution in [-0.2, 0) is 24.8 Å². The van der Waals surface area contributed by atoms with Gasteiger partial charge in [-0.3, -0.25) is 9.36 Å². The van der Waals surface area contributed by atoms with E-state index in [4.69, 9.17) is 0 Å². The number of aromatic nitrogens is 3. The molecular formula is C21H28N4O2. The average molecular weight is 368 g/mol. The number of piperidine rings is 1. The number of aryl methyl sites for hydroxylation is 1. The van der Waals surface area contributed by atoms with Crippen LogP contribution in [0.4, 0.5) is 0 Å². The lowest BCUT2D eigenvalue weighted by Gasteiger charge is -2.31. The van der Waals surface area contributed by atoms with E-state index in [1.165, 1.54) is 4.68 Å². The maximum Gasteiger partial charge on any atom is 0.345 e. The molecule has 0 unspecified atom stereocenters. The van der Waals surface area contributed by atoms with Gasteiger partial charge in [-0.05, 0) is 31.2 Å². The van der Waals surface area contributed by atoms with Gasteiger partial charge in [-0.25, -0.2) is 9.48 Å². The van der Waals surface area contributed by atoms with Crippen molar-refractivity contribution in [1.82, 2.24) is 19.2 Å². The van der Waals surface area contributed by atoms with Crippen LogP contribution in [0.25, 0.3) is 6.08 Å². The third-order valence-electron chi connectivity index (χ3n) is 5.24. The van der Waals surface area contributed by atoms with Crippen LogP contribution in [0.5, 0.6) is 0 Å². The fourth-order valence-electron chi connectivity index (χ4n) is 3.66. The van der Waals surface area contributed by atoms with Gasteiger partial charge in [0, 0.05) is 39.5 Å². The van der Waals surface area contributed by atoms with Crippen molar-refractivity contribution in [2.45, 2.75) is 39.2 Å². The van der Waals surface area contributed by atoms with Gasteiger partial charge in [0.15, 0.2) is 0 Å². The zero-order valence-electron chi connectivity index (χ0n) is 16.2. The Morgan fingerprint density at radius 1 is 1.22 bits per heavy atom. The van der Waals surface area contributed by atoms with E-state index in [0.717, 1.165) is 43.7 Å². The monoisotopic (exact) mass is 368 g/mol. The molecule has 1 aromatic carbocycles. The number of nitrogens with zero attached hydrogens (tertiary/aromatic N) is 4. The highest BCUT2D eigenvalue weighted by atomic mass is 16.2. The second-order valence-corrected chi connectivity index (χ2v) is 7.11. The first-order chi connectivity index (χ1) is 13.1. The van der Waals surface area contributed by atoms with Gasteiger partial charge in [0.25, 0.3) is 0 Å². The summed E-state index contributed by atoms with van der Waals surface area (Å²) >= 11 is 0. The van der Waals surface area contributed by atoms with Gasteiger partial charge in [-0.2, -0.15) is 5.10 Å². The van der Waals surface area contributed by atoms with Crippen molar-refractivity contribution >= 4 is 12.0 Å². The quantitative estimate of drug-likeness (QED) is 0.787. The average Bonchev–Trinajstić information content (AvgIpc) is 2.96. The van der Waals surface area contributed by atoms with Crippen LogP contribution in [0.1, 0.15) is 37.6 Å². The van der Waals surface area contributed by atoms with Crippen molar-refractivity contribution in [2.75, 3.05) is 13.1 Å². The summed E-state index contributed by atoms with van der Waals surface area (Å²) in [5.41, 5.74) is 1.06. The van der Waals surface area contributed by atoms with Crippen molar-refractivity contribution < 1.29 is 4.79 Å². The molecule has 1 fully saturated rings. The highest BCUT2D eigenvalue weighted by molar-refractivity contribution is 5.78. The molecular weight excluding hydrogens is 340 g/mol. The first kappa shape index (κ1) is 19.1. The van der Waals surface area contributed by atoms with E-state index in [1.807, 2.05) is 54.3 Å². The van der Waals surface area contributed by atoms with E-state index in [1.54, 1.807) is 11.6 Å².